The van der Waals surface area contributed by atoms with Crippen molar-refractivity contribution in [1.29, 1.82) is 0 Å². The van der Waals surface area contributed by atoms with Crippen LogP contribution in [0.5, 0.6) is 0 Å². The Hall–Kier alpha value is -1.45. The monoisotopic (exact) mass is 444 g/mol. The minimum absolute atomic E-state index is 0.0712. The lowest BCUT2D eigenvalue weighted by molar-refractivity contribution is -0.116. The third-order valence-electron chi connectivity index (χ3n) is 3.27. The second kappa shape index (κ2) is 7.89. The van der Waals surface area contributed by atoms with Gasteiger partial charge in [0.15, 0.2) is 0 Å². The Balaban J connectivity index is 1.90. The van der Waals surface area contributed by atoms with E-state index in [0.29, 0.717) is 12.8 Å². The number of halogens is 1. The molecule has 0 fully saturated rings. The smallest absolute Gasteiger partial charge is 0.240 e. The van der Waals surface area contributed by atoms with Gasteiger partial charge in [0, 0.05) is 15.7 Å². The normalized spacial score (nSPS) is 11.2. The van der Waals surface area contributed by atoms with Gasteiger partial charge in [-0.05, 0) is 78.0 Å². The average molecular weight is 444 g/mol. The van der Waals surface area contributed by atoms with E-state index < -0.39 is 10.0 Å². The van der Waals surface area contributed by atoms with E-state index in [-0.39, 0.29) is 10.8 Å². The highest BCUT2D eigenvalue weighted by molar-refractivity contribution is 14.1. The molecule has 0 saturated carbocycles. The Kier molecular flexibility index (Phi) is 6.14. The van der Waals surface area contributed by atoms with Gasteiger partial charge in [-0.3, -0.25) is 4.79 Å². The summed E-state index contributed by atoms with van der Waals surface area (Å²) in [6, 6.07) is 14.1. The molecule has 0 aliphatic carbocycles. The van der Waals surface area contributed by atoms with Gasteiger partial charge in [-0.25, -0.2) is 13.1 Å². The lowest BCUT2D eigenvalue weighted by atomic mass is 10.1. The van der Waals surface area contributed by atoms with Crippen molar-refractivity contribution in [2.75, 3.05) is 12.4 Å². The molecule has 2 aromatic carbocycles. The third kappa shape index (κ3) is 5.29. The number of anilines is 1. The number of carbonyl (C=O) groups excluding carboxylic acids is 1. The molecule has 2 rings (SSSR count). The summed E-state index contributed by atoms with van der Waals surface area (Å²) in [6.07, 6.45) is 0.889. The molecule has 1 amide bonds. The molecular weight excluding hydrogens is 427 g/mol. The molecule has 0 bridgehead atoms. The van der Waals surface area contributed by atoms with Crippen LogP contribution in [0, 0.1) is 3.57 Å². The number of hydrogen-bond acceptors (Lipinski definition) is 3. The highest BCUT2D eigenvalue weighted by atomic mass is 127. The van der Waals surface area contributed by atoms with Gasteiger partial charge < -0.3 is 5.32 Å². The van der Waals surface area contributed by atoms with Gasteiger partial charge in [0.1, 0.15) is 0 Å². The van der Waals surface area contributed by atoms with Crippen LogP contribution in [-0.2, 0) is 21.2 Å². The molecule has 0 spiro atoms. The maximum atomic E-state index is 11.9. The second-order valence-electron chi connectivity index (χ2n) is 4.91. The number of benzene rings is 2. The first-order valence-corrected chi connectivity index (χ1v) is 9.55. The SMILES string of the molecule is CNS(=O)(=O)c1ccc(CCC(=O)Nc2ccc(I)cc2)cc1. The fraction of sp³-hybridized carbons (Fsp3) is 0.188. The third-order valence-corrected chi connectivity index (χ3v) is 5.42. The van der Waals surface area contributed by atoms with Gasteiger partial charge >= 0.3 is 0 Å². The zero-order chi connectivity index (χ0) is 16.9. The van der Waals surface area contributed by atoms with E-state index in [1.165, 1.54) is 19.2 Å². The van der Waals surface area contributed by atoms with E-state index in [2.05, 4.69) is 32.6 Å². The lowest BCUT2D eigenvalue weighted by Crippen LogP contribution is -2.18. The van der Waals surface area contributed by atoms with Crippen LogP contribution < -0.4 is 10.0 Å². The first-order chi connectivity index (χ1) is 10.9. The van der Waals surface area contributed by atoms with Crippen molar-refractivity contribution in [1.82, 2.24) is 4.72 Å². The Morgan fingerprint density at radius 2 is 1.65 bits per heavy atom. The number of rotatable bonds is 6. The first-order valence-electron chi connectivity index (χ1n) is 6.98. The van der Waals surface area contributed by atoms with Gasteiger partial charge in [0.2, 0.25) is 15.9 Å². The topological polar surface area (TPSA) is 75.3 Å². The minimum atomic E-state index is -3.42. The summed E-state index contributed by atoms with van der Waals surface area (Å²) >= 11 is 2.21. The van der Waals surface area contributed by atoms with Crippen LogP contribution in [0.15, 0.2) is 53.4 Å². The van der Waals surface area contributed by atoms with Gasteiger partial charge in [-0.1, -0.05) is 12.1 Å². The maximum Gasteiger partial charge on any atom is 0.240 e. The Labute approximate surface area is 149 Å². The standard InChI is InChI=1S/C16H17IN2O3S/c1-18-23(21,22)15-9-2-12(3-10-15)4-11-16(20)19-14-7-5-13(17)6-8-14/h2-3,5-10,18H,4,11H2,1H3,(H,19,20). The molecule has 7 heteroatoms. The zero-order valence-corrected chi connectivity index (χ0v) is 15.5. The molecule has 0 aliphatic heterocycles. The maximum absolute atomic E-state index is 11.9. The first kappa shape index (κ1) is 17.9. The van der Waals surface area contributed by atoms with Gasteiger partial charge in [-0.2, -0.15) is 0 Å². The quantitative estimate of drug-likeness (QED) is 0.673. The van der Waals surface area contributed by atoms with Crippen LogP contribution in [0.2, 0.25) is 0 Å². The molecule has 5 nitrogen and oxygen atoms in total. The summed E-state index contributed by atoms with van der Waals surface area (Å²) in [5.41, 5.74) is 1.68. The van der Waals surface area contributed by atoms with Gasteiger partial charge in [0.25, 0.3) is 0 Å². The highest BCUT2D eigenvalue weighted by Gasteiger charge is 2.10. The Morgan fingerprint density at radius 3 is 2.22 bits per heavy atom. The van der Waals surface area contributed by atoms with Crippen LogP contribution in [0.25, 0.3) is 0 Å². The van der Waals surface area contributed by atoms with Crippen LogP contribution in [-0.4, -0.2) is 21.4 Å². The van der Waals surface area contributed by atoms with E-state index in [0.717, 1.165) is 14.8 Å². The molecule has 2 N–H and O–H groups in total. The largest absolute Gasteiger partial charge is 0.326 e. The van der Waals surface area contributed by atoms with Crippen LogP contribution in [0.1, 0.15) is 12.0 Å². The Bertz CT molecular complexity index is 772. The average Bonchev–Trinajstić information content (AvgIpc) is 2.55. The molecule has 0 unspecified atom stereocenters. The number of carbonyl (C=O) groups is 1. The molecule has 0 aliphatic rings. The van der Waals surface area contributed by atoms with Crippen LogP contribution in [0.4, 0.5) is 5.69 Å². The summed E-state index contributed by atoms with van der Waals surface area (Å²) in [5.74, 6) is -0.0712. The van der Waals surface area contributed by atoms with Gasteiger partial charge in [0.05, 0.1) is 4.90 Å². The summed E-state index contributed by atoms with van der Waals surface area (Å²) in [7, 11) is -2.05. The van der Waals surface area contributed by atoms with Crippen molar-refractivity contribution in [3.63, 3.8) is 0 Å². The molecule has 0 heterocycles. The van der Waals surface area contributed by atoms with Gasteiger partial charge in [-0.15, -0.1) is 0 Å². The summed E-state index contributed by atoms with van der Waals surface area (Å²) in [6.45, 7) is 0. The van der Waals surface area contributed by atoms with Crippen molar-refractivity contribution < 1.29 is 13.2 Å². The highest BCUT2D eigenvalue weighted by Crippen LogP contribution is 2.13. The number of amides is 1. The lowest BCUT2D eigenvalue weighted by Gasteiger charge is -2.06. The summed E-state index contributed by atoms with van der Waals surface area (Å²) < 4.78 is 26.6. The van der Waals surface area contributed by atoms with E-state index in [9.17, 15) is 13.2 Å². The number of nitrogens with one attached hydrogen (secondary N) is 2. The van der Waals surface area contributed by atoms with Crippen molar-refractivity contribution >= 4 is 44.2 Å². The fourth-order valence-corrected chi connectivity index (χ4v) is 3.06. The molecule has 0 saturated heterocycles. The van der Waals surface area contributed by atoms with Crippen LogP contribution >= 0.6 is 22.6 Å². The molecule has 0 radical (unpaired) electrons. The molecule has 2 aromatic rings. The molecule has 0 aromatic heterocycles. The fourth-order valence-electron chi connectivity index (χ4n) is 1.97. The predicted molar refractivity (Wildman–Crippen MR) is 98.8 cm³/mol. The van der Waals surface area contributed by atoms with E-state index in [4.69, 9.17) is 0 Å². The molecule has 23 heavy (non-hydrogen) atoms. The zero-order valence-electron chi connectivity index (χ0n) is 12.5. The number of sulfonamides is 1. The summed E-state index contributed by atoms with van der Waals surface area (Å²) in [5, 5.41) is 2.84. The number of aryl methyl sites for hydroxylation is 1. The molecular formula is C16H17IN2O3S. The number of hydrogen-bond donors (Lipinski definition) is 2. The van der Waals surface area contributed by atoms with Crippen molar-refractivity contribution in [3.8, 4) is 0 Å². The van der Waals surface area contributed by atoms with Crippen molar-refractivity contribution in [3.05, 3.63) is 57.7 Å². The van der Waals surface area contributed by atoms with Crippen molar-refractivity contribution in [2.45, 2.75) is 17.7 Å². The van der Waals surface area contributed by atoms with E-state index in [1.807, 2.05) is 24.3 Å². The molecule has 122 valence electrons. The van der Waals surface area contributed by atoms with Crippen molar-refractivity contribution in [2.24, 2.45) is 0 Å². The van der Waals surface area contributed by atoms with E-state index >= 15 is 0 Å². The van der Waals surface area contributed by atoms with Crippen LogP contribution in [0.3, 0.4) is 0 Å². The predicted octanol–water partition coefficient (Wildman–Crippen LogP) is 2.77. The minimum Gasteiger partial charge on any atom is -0.326 e. The molecule has 0 atom stereocenters. The summed E-state index contributed by atoms with van der Waals surface area (Å²) in [4.78, 5) is 12.1. The second-order valence-corrected chi connectivity index (χ2v) is 8.04. The Morgan fingerprint density at radius 1 is 1.04 bits per heavy atom. The van der Waals surface area contributed by atoms with E-state index in [1.54, 1.807) is 12.1 Å².